The monoisotopic (exact) mass is 241 g/mol. The third-order valence-electron chi connectivity index (χ3n) is 2.74. The minimum Gasteiger partial charge on any atom is -1.00 e. The number of aromatic nitrogens is 1. The third kappa shape index (κ3) is 2.15. The molecule has 0 atom stereocenters. The predicted octanol–water partition coefficient (Wildman–Crippen LogP) is 0.121. The average molecular weight is 242 g/mol. The van der Waals surface area contributed by atoms with Crippen molar-refractivity contribution >= 4 is 10.9 Å². The fourth-order valence-corrected chi connectivity index (χ4v) is 1.97. The highest BCUT2D eigenvalue weighted by Crippen LogP contribution is 2.10. The van der Waals surface area contributed by atoms with Gasteiger partial charge in [-0.05, 0) is 12.1 Å². The lowest BCUT2D eigenvalue weighted by Gasteiger charge is -1.99. The van der Waals surface area contributed by atoms with Crippen molar-refractivity contribution in [1.82, 2.24) is 0 Å². The Morgan fingerprint density at radius 2 is 1.29 bits per heavy atom. The smallest absolute Gasteiger partial charge is 0.218 e. The summed E-state index contributed by atoms with van der Waals surface area (Å²) < 4.78 is 2.20. The van der Waals surface area contributed by atoms with Crippen molar-refractivity contribution in [2.24, 2.45) is 0 Å². The van der Waals surface area contributed by atoms with Crippen LogP contribution in [0.1, 0.15) is 0 Å². The molecule has 0 amide bonds. The summed E-state index contributed by atoms with van der Waals surface area (Å²) in [5.74, 6) is 0. The van der Waals surface area contributed by atoms with Crippen LogP contribution in [0.15, 0.2) is 72.9 Å². The van der Waals surface area contributed by atoms with E-state index in [-0.39, 0.29) is 12.4 Å². The molecule has 0 N–H and O–H groups in total. The third-order valence-corrected chi connectivity index (χ3v) is 2.74. The summed E-state index contributed by atoms with van der Waals surface area (Å²) in [4.78, 5) is 0. The van der Waals surface area contributed by atoms with Gasteiger partial charge >= 0.3 is 0 Å². The summed E-state index contributed by atoms with van der Waals surface area (Å²) in [6.45, 7) is 0. The van der Waals surface area contributed by atoms with Crippen molar-refractivity contribution in [1.29, 1.82) is 0 Å². The van der Waals surface area contributed by atoms with E-state index in [1.165, 1.54) is 16.6 Å². The first-order chi connectivity index (χ1) is 7.95. The van der Waals surface area contributed by atoms with E-state index < -0.39 is 0 Å². The number of hydrogen-bond donors (Lipinski definition) is 0. The van der Waals surface area contributed by atoms with Crippen LogP contribution < -0.4 is 17.0 Å². The normalized spacial score (nSPS) is 9.88. The van der Waals surface area contributed by atoms with Crippen LogP contribution in [0.4, 0.5) is 0 Å². The van der Waals surface area contributed by atoms with Crippen LogP contribution >= 0.6 is 0 Å². The van der Waals surface area contributed by atoms with Crippen LogP contribution in [0, 0.1) is 0 Å². The van der Waals surface area contributed by atoms with E-state index in [9.17, 15) is 0 Å². The first-order valence-corrected chi connectivity index (χ1v) is 5.40. The largest absolute Gasteiger partial charge is 1.00 e. The molecule has 0 fully saturated rings. The zero-order valence-electron chi connectivity index (χ0n) is 9.25. The second-order valence-corrected chi connectivity index (χ2v) is 3.77. The van der Waals surface area contributed by atoms with Gasteiger partial charge in [-0.1, -0.05) is 30.3 Å². The van der Waals surface area contributed by atoms with E-state index >= 15 is 0 Å². The van der Waals surface area contributed by atoms with E-state index in [1.807, 2.05) is 6.07 Å². The van der Waals surface area contributed by atoms with E-state index in [1.54, 1.807) is 0 Å². The molecule has 2 aromatic carbocycles. The first-order valence-electron chi connectivity index (χ1n) is 5.40. The van der Waals surface area contributed by atoms with Gasteiger partial charge in [0.15, 0.2) is 6.20 Å². The van der Waals surface area contributed by atoms with Gasteiger partial charge < -0.3 is 12.4 Å². The van der Waals surface area contributed by atoms with Crippen molar-refractivity contribution in [3.8, 4) is 5.69 Å². The van der Waals surface area contributed by atoms with Gasteiger partial charge in [0, 0.05) is 29.7 Å². The number of nitrogens with zero attached hydrogens (tertiary/aromatic N) is 1. The van der Waals surface area contributed by atoms with Gasteiger partial charge in [-0.2, -0.15) is 4.57 Å². The minimum atomic E-state index is 0. The Morgan fingerprint density at radius 1 is 0.647 bits per heavy atom. The molecule has 0 saturated carbocycles. The van der Waals surface area contributed by atoms with Crippen molar-refractivity contribution in [2.45, 2.75) is 0 Å². The van der Waals surface area contributed by atoms with Crippen molar-refractivity contribution in [2.75, 3.05) is 0 Å². The van der Waals surface area contributed by atoms with Gasteiger partial charge in [0.1, 0.15) is 0 Å². The molecule has 1 aromatic heterocycles. The van der Waals surface area contributed by atoms with Gasteiger partial charge in [0.2, 0.25) is 11.2 Å². The summed E-state index contributed by atoms with van der Waals surface area (Å²) in [7, 11) is 0. The zero-order valence-corrected chi connectivity index (χ0v) is 10.0. The van der Waals surface area contributed by atoms with E-state index in [0.29, 0.717) is 0 Å². The van der Waals surface area contributed by atoms with E-state index in [4.69, 9.17) is 0 Å². The summed E-state index contributed by atoms with van der Waals surface area (Å²) in [6.07, 6.45) is 2.09. The summed E-state index contributed by atoms with van der Waals surface area (Å²) in [6, 6.07) is 23.0. The van der Waals surface area contributed by atoms with Crippen molar-refractivity contribution in [3.63, 3.8) is 0 Å². The van der Waals surface area contributed by atoms with Crippen LogP contribution in [0.2, 0.25) is 0 Å². The molecule has 3 rings (SSSR count). The average Bonchev–Trinajstić information content (AvgIpc) is 2.39. The molecular formula is C15H12ClN. The molecule has 2 heteroatoms. The van der Waals surface area contributed by atoms with E-state index in [0.717, 1.165) is 0 Å². The number of para-hydroxylation sites is 2. The Hall–Kier alpha value is -1.86. The number of rotatable bonds is 1. The second-order valence-electron chi connectivity index (χ2n) is 3.77. The number of benzene rings is 2. The Labute approximate surface area is 107 Å². The van der Waals surface area contributed by atoms with Crippen LogP contribution in [0.25, 0.3) is 16.6 Å². The maximum absolute atomic E-state index is 2.20. The van der Waals surface area contributed by atoms with Gasteiger partial charge in [0.05, 0.1) is 0 Å². The van der Waals surface area contributed by atoms with Crippen LogP contribution in [0.3, 0.4) is 0 Å². The summed E-state index contributed by atoms with van der Waals surface area (Å²) in [5.41, 5.74) is 2.43. The van der Waals surface area contributed by atoms with Gasteiger partial charge in [-0.3, -0.25) is 0 Å². The molecule has 84 valence electrons. The number of pyridine rings is 1. The number of hydrogen-bond acceptors (Lipinski definition) is 0. The fourth-order valence-electron chi connectivity index (χ4n) is 1.97. The van der Waals surface area contributed by atoms with E-state index in [2.05, 4.69) is 71.4 Å². The molecule has 0 aliphatic heterocycles. The lowest BCUT2D eigenvalue weighted by Crippen LogP contribution is -3.00. The maximum atomic E-state index is 2.20. The molecule has 1 nitrogen and oxygen atoms in total. The Morgan fingerprint density at radius 3 is 2.12 bits per heavy atom. The van der Waals surface area contributed by atoms with Crippen LogP contribution in [-0.2, 0) is 0 Å². The van der Waals surface area contributed by atoms with Crippen LogP contribution in [-0.4, -0.2) is 0 Å². The quantitative estimate of drug-likeness (QED) is 0.533. The fraction of sp³-hybridized carbons (Fsp3) is 0. The second kappa shape index (κ2) is 4.98. The Balaban J connectivity index is 0.00000108. The number of fused-ring (bicyclic) bond motifs is 1. The molecule has 0 aliphatic rings. The highest BCUT2D eigenvalue weighted by molar-refractivity contribution is 5.75. The highest BCUT2D eigenvalue weighted by atomic mass is 35.5. The standard InChI is InChI=1S/C15H12N.ClH/c1-2-9-14(10-3-1)16-12-6-8-13-7-4-5-11-15(13)16;/h1-12H;1H/q+1;/p-1. The molecule has 3 aromatic rings. The predicted molar refractivity (Wildman–Crippen MR) is 65.5 cm³/mol. The van der Waals surface area contributed by atoms with Crippen LogP contribution in [0.5, 0.6) is 0 Å². The van der Waals surface area contributed by atoms with Gasteiger partial charge in [-0.25, -0.2) is 0 Å². The summed E-state index contributed by atoms with van der Waals surface area (Å²) in [5, 5.41) is 1.26. The molecule has 0 aliphatic carbocycles. The molecule has 17 heavy (non-hydrogen) atoms. The summed E-state index contributed by atoms with van der Waals surface area (Å²) >= 11 is 0. The zero-order chi connectivity index (χ0) is 10.8. The van der Waals surface area contributed by atoms with Gasteiger partial charge in [0.25, 0.3) is 0 Å². The lowest BCUT2D eigenvalue weighted by molar-refractivity contribution is -0.567. The van der Waals surface area contributed by atoms with Crippen molar-refractivity contribution in [3.05, 3.63) is 72.9 Å². The first kappa shape index (κ1) is 11.6. The molecule has 0 radical (unpaired) electrons. The lowest BCUT2D eigenvalue weighted by atomic mass is 10.2. The molecule has 0 saturated heterocycles. The SMILES string of the molecule is [Cl-].c1ccc(-[n+]2cccc3ccccc32)cc1. The molecule has 0 unspecified atom stereocenters. The topological polar surface area (TPSA) is 3.88 Å². The Kier molecular flexibility index (Phi) is 3.40. The molecular weight excluding hydrogens is 230 g/mol. The van der Waals surface area contributed by atoms with Crippen molar-refractivity contribution < 1.29 is 17.0 Å². The molecule has 1 heterocycles. The number of halogens is 1. The highest BCUT2D eigenvalue weighted by Gasteiger charge is 2.09. The van der Waals surface area contributed by atoms with Gasteiger partial charge in [-0.15, -0.1) is 0 Å². The molecule has 0 bridgehead atoms. The Bertz CT molecular complexity index is 615. The minimum absolute atomic E-state index is 0. The molecule has 0 spiro atoms. The maximum Gasteiger partial charge on any atom is 0.218 e.